The highest BCUT2D eigenvalue weighted by Gasteiger charge is 2.26. The fraction of sp³-hybridized carbons (Fsp3) is 0.417. The minimum atomic E-state index is -0.859. The van der Waals surface area contributed by atoms with E-state index in [0.29, 0.717) is 22.9 Å². The molecule has 0 aliphatic heterocycles. The van der Waals surface area contributed by atoms with E-state index in [1.54, 1.807) is 0 Å². The molecule has 3 nitrogen and oxygen atoms in total. The molecule has 0 bridgehead atoms. The zero-order chi connectivity index (χ0) is 11.7. The Balaban J connectivity index is 2.22. The lowest BCUT2D eigenvalue weighted by Gasteiger charge is -2.08. The molecular formula is C12H13ClO3. The third-order valence-electron chi connectivity index (χ3n) is 2.82. The van der Waals surface area contributed by atoms with Gasteiger partial charge in [0, 0.05) is 11.4 Å². The van der Waals surface area contributed by atoms with E-state index in [4.69, 9.17) is 16.7 Å². The SMILES string of the molecule is O=C(O)CCc1cc(C2CC2)c(Cl)cc1O. The second-order valence-electron chi connectivity index (χ2n) is 4.17. The van der Waals surface area contributed by atoms with Crippen LogP contribution in [0.4, 0.5) is 0 Å². The van der Waals surface area contributed by atoms with Crippen molar-refractivity contribution in [1.29, 1.82) is 0 Å². The minimum Gasteiger partial charge on any atom is -0.508 e. The predicted molar refractivity (Wildman–Crippen MR) is 61.0 cm³/mol. The number of phenols is 1. The number of hydrogen-bond donors (Lipinski definition) is 2. The summed E-state index contributed by atoms with van der Waals surface area (Å²) in [7, 11) is 0. The molecular weight excluding hydrogens is 228 g/mol. The van der Waals surface area contributed by atoms with Crippen LogP contribution < -0.4 is 0 Å². The second-order valence-corrected chi connectivity index (χ2v) is 4.58. The van der Waals surface area contributed by atoms with Crippen LogP contribution in [0.3, 0.4) is 0 Å². The Kier molecular flexibility index (Phi) is 3.06. The number of carboxylic acid groups (broad SMARTS) is 1. The maximum atomic E-state index is 10.5. The summed E-state index contributed by atoms with van der Waals surface area (Å²) in [6.45, 7) is 0. The Morgan fingerprint density at radius 1 is 1.44 bits per heavy atom. The average molecular weight is 241 g/mol. The Labute approximate surface area is 98.7 Å². The number of aromatic hydroxyl groups is 1. The molecule has 16 heavy (non-hydrogen) atoms. The number of carboxylic acids is 1. The zero-order valence-electron chi connectivity index (χ0n) is 8.74. The molecule has 2 rings (SSSR count). The normalized spacial score (nSPS) is 15.1. The van der Waals surface area contributed by atoms with Crippen molar-refractivity contribution in [3.05, 3.63) is 28.3 Å². The lowest BCUT2D eigenvalue weighted by molar-refractivity contribution is -0.136. The van der Waals surface area contributed by atoms with Crippen molar-refractivity contribution in [2.45, 2.75) is 31.6 Å². The van der Waals surface area contributed by atoms with E-state index in [0.717, 1.165) is 18.4 Å². The van der Waals surface area contributed by atoms with Crippen molar-refractivity contribution in [3.8, 4) is 5.75 Å². The number of halogens is 1. The van der Waals surface area contributed by atoms with E-state index < -0.39 is 5.97 Å². The molecule has 0 radical (unpaired) electrons. The quantitative estimate of drug-likeness (QED) is 0.851. The molecule has 0 spiro atoms. The fourth-order valence-electron chi connectivity index (χ4n) is 1.78. The van der Waals surface area contributed by atoms with Crippen molar-refractivity contribution in [2.24, 2.45) is 0 Å². The van der Waals surface area contributed by atoms with Crippen molar-refractivity contribution >= 4 is 17.6 Å². The van der Waals surface area contributed by atoms with E-state index in [1.165, 1.54) is 6.07 Å². The largest absolute Gasteiger partial charge is 0.508 e. The summed E-state index contributed by atoms with van der Waals surface area (Å²) in [5, 5.41) is 18.8. The Morgan fingerprint density at radius 2 is 2.12 bits per heavy atom. The Morgan fingerprint density at radius 3 is 2.69 bits per heavy atom. The summed E-state index contributed by atoms with van der Waals surface area (Å²) < 4.78 is 0. The second kappa shape index (κ2) is 4.34. The summed E-state index contributed by atoms with van der Waals surface area (Å²) >= 11 is 6.02. The molecule has 1 fully saturated rings. The molecule has 86 valence electrons. The van der Waals surface area contributed by atoms with Gasteiger partial charge in [-0.2, -0.15) is 0 Å². The van der Waals surface area contributed by atoms with Crippen LogP contribution in [0.2, 0.25) is 5.02 Å². The molecule has 0 amide bonds. The molecule has 1 aliphatic carbocycles. The van der Waals surface area contributed by atoms with Gasteiger partial charge >= 0.3 is 5.97 Å². The fourth-order valence-corrected chi connectivity index (χ4v) is 2.09. The van der Waals surface area contributed by atoms with Crippen LogP contribution in [0, 0.1) is 0 Å². The first kappa shape index (κ1) is 11.3. The minimum absolute atomic E-state index is 0.0271. The van der Waals surface area contributed by atoms with Gasteiger partial charge in [-0.15, -0.1) is 0 Å². The van der Waals surface area contributed by atoms with Gasteiger partial charge in [0.15, 0.2) is 0 Å². The van der Waals surface area contributed by atoms with Gasteiger partial charge in [-0.25, -0.2) is 0 Å². The zero-order valence-corrected chi connectivity index (χ0v) is 9.50. The highest BCUT2D eigenvalue weighted by atomic mass is 35.5. The summed E-state index contributed by atoms with van der Waals surface area (Å²) in [4.78, 5) is 10.5. The van der Waals surface area contributed by atoms with Gasteiger partial charge in [0.2, 0.25) is 0 Å². The van der Waals surface area contributed by atoms with Gasteiger partial charge in [0.25, 0.3) is 0 Å². The molecule has 0 heterocycles. The average Bonchev–Trinajstić information content (AvgIpc) is 2.99. The van der Waals surface area contributed by atoms with E-state index in [2.05, 4.69) is 0 Å². The molecule has 0 unspecified atom stereocenters. The van der Waals surface area contributed by atoms with Crippen LogP contribution >= 0.6 is 11.6 Å². The summed E-state index contributed by atoms with van der Waals surface area (Å²) in [6.07, 6.45) is 2.63. The van der Waals surface area contributed by atoms with Crippen molar-refractivity contribution < 1.29 is 15.0 Å². The monoisotopic (exact) mass is 240 g/mol. The van der Waals surface area contributed by atoms with Crippen molar-refractivity contribution in [3.63, 3.8) is 0 Å². The first-order chi connectivity index (χ1) is 7.58. The molecule has 0 aromatic heterocycles. The summed E-state index contributed by atoms with van der Waals surface area (Å²) in [5.41, 5.74) is 1.72. The van der Waals surface area contributed by atoms with E-state index in [-0.39, 0.29) is 12.2 Å². The van der Waals surface area contributed by atoms with Crippen molar-refractivity contribution in [1.82, 2.24) is 0 Å². The number of rotatable bonds is 4. The topological polar surface area (TPSA) is 57.5 Å². The van der Waals surface area contributed by atoms with E-state index >= 15 is 0 Å². The molecule has 1 saturated carbocycles. The lowest BCUT2D eigenvalue weighted by Crippen LogP contribution is -1.98. The third-order valence-corrected chi connectivity index (χ3v) is 3.15. The maximum Gasteiger partial charge on any atom is 0.303 e. The highest BCUT2D eigenvalue weighted by molar-refractivity contribution is 6.31. The molecule has 4 heteroatoms. The van der Waals surface area contributed by atoms with Gasteiger partial charge in [0.05, 0.1) is 0 Å². The van der Waals surface area contributed by atoms with Gasteiger partial charge in [-0.05, 0) is 42.4 Å². The van der Waals surface area contributed by atoms with Crippen LogP contribution in [0.25, 0.3) is 0 Å². The molecule has 1 aromatic rings. The van der Waals surface area contributed by atoms with Gasteiger partial charge < -0.3 is 10.2 Å². The standard InChI is InChI=1S/C12H13ClO3/c13-10-6-11(14)8(3-4-12(15)16)5-9(10)7-1-2-7/h5-7,14H,1-4H2,(H,15,16). The molecule has 0 atom stereocenters. The first-order valence-corrected chi connectivity index (χ1v) is 5.69. The van der Waals surface area contributed by atoms with E-state index in [9.17, 15) is 9.90 Å². The lowest BCUT2D eigenvalue weighted by atomic mass is 10.0. The number of hydrogen-bond acceptors (Lipinski definition) is 2. The highest BCUT2D eigenvalue weighted by Crippen LogP contribution is 2.44. The Hall–Kier alpha value is -1.22. The number of aliphatic carboxylic acids is 1. The van der Waals surface area contributed by atoms with Gasteiger partial charge in [-0.3, -0.25) is 4.79 Å². The van der Waals surface area contributed by atoms with E-state index in [1.807, 2.05) is 6.07 Å². The first-order valence-electron chi connectivity index (χ1n) is 5.31. The summed E-state index contributed by atoms with van der Waals surface area (Å²) in [6, 6.07) is 3.37. The van der Waals surface area contributed by atoms with Crippen LogP contribution in [-0.4, -0.2) is 16.2 Å². The number of aryl methyl sites for hydroxylation is 1. The van der Waals surface area contributed by atoms with Crippen LogP contribution in [0.15, 0.2) is 12.1 Å². The summed E-state index contributed by atoms with van der Waals surface area (Å²) in [5.74, 6) is -0.269. The molecule has 2 N–H and O–H groups in total. The van der Waals surface area contributed by atoms with Gasteiger partial charge in [-0.1, -0.05) is 17.7 Å². The van der Waals surface area contributed by atoms with Crippen LogP contribution in [-0.2, 0) is 11.2 Å². The maximum absolute atomic E-state index is 10.5. The van der Waals surface area contributed by atoms with Crippen LogP contribution in [0.1, 0.15) is 36.3 Å². The predicted octanol–water partition coefficient (Wildman–Crippen LogP) is 2.94. The molecule has 0 saturated heterocycles. The van der Waals surface area contributed by atoms with Crippen molar-refractivity contribution in [2.75, 3.05) is 0 Å². The van der Waals surface area contributed by atoms with Crippen LogP contribution in [0.5, 0.6) is 5.75 Å². The molecule has 1 aromatic carbocycles. The number of carbonyl (C=O) groups is 1. The Bertz CT molecular complexity index is 425. The van der Waals surface area contributed by atoms with Gasteiger partial charge in [0.1, 0.15) is 5.75 Å². The third kappa shape index (κ3) is 2.47. The molecule has 1 aliphatic rings. The smallest absolute Gasteiger partial charge is 0.303 e. The number of phenolic OH excluding ortho intramolecular Hbond substituents is 1. The number of benzene rings is 1.